The first kappa shape index (κ1) is 14.5. The normalized spacial score (nSPS) is 12.4. The van der Waals surface area contributed by atoms with Gasteiger partial charge in [-0.1, -0.05) is 13.0 Å². The number of hydrogen-bond donors (Lipinski definition) is 1. The predicted octanol–water partition coefficient (Wildman–Crippen LogP) is 3.51. The van der Waals surface area contributed by atoms with Crippen molar-refractivity contribution in [1.29, 1.82) is 0 Å². The molecular formula is C15H15F3N2. The van der Waals surface area contributed by atoms with Gasteiger partial charge in [-0.3, -0.25) is 4.98 Å². The number of halogens is 3. The first-order valence-corrected chi connectivity index (χ1v) is 6.34. The summed E-state index contributed by atoms with van der Waals surface area (Å²) in [6.07, 6.45) is 1.03. The van der Waals surface area contributed by atoms with Crippen molar-refractivity contribution in [3.63, 3.8) is 0 Å². The Balaban J connectivity index is 2.54. The second kappa shape index (κ2) is 6.05. The van der Waals surface area contributed by atoms with Crippen LogP contribution in [0.15, 0.2) is 30.5 Å². The highest BCUT2D eigenvalue weighted by molar-refractivity contribution is 5.34. The molecule has 0 saturated heterocycles. The second-order valence-electron chi connectivity index (χ2n) is 4.48. The minimum Gasteiger partial charge on any atom is -0.305 e. The first-order chi connectivity index (χ1) is 9.54. The Kier molecular flexibility index (Phi) is 4.39. The van der Waals surface area contributed by atoms with Crippen LogP contribution in [-0.2, 0) is 0 Å². The van der Waals surface area contributed by atoms with Crippen molar-refractivity contribution in [2.75, 3.05) is 6.54 Å². The van der Waals surface area contributed by atoms with Gasteiger partial charge in [-0.25, -0.2) is 13.2 Å². The molecule has 1 atom stereocenters. The molecular weight excluding hydrogens is 265 g/mol. The van der Waals surface area contributed by atoms with Gasteiger partial charge in [0.25, 0.3) is 0 Å². The van der Waals surface area contributed by atoms with Crippen LogP contribution in [0.25, 0.3) is 0 Å². The van der Waals surface area contributed by atoms with Crippen LogP contribution in [0, 0.1) is 24.4 Å². The fraction of sp³-hybridized carbons (Fsp3) is 0.267. The molecule has 2 rings (SSSR count). The van der Waals surface area contributed by atoms with Crippen molar-refractivity contribution in [3.8, 4) is 0 Å². The van der Waals surface area contributed by atoms with E-state index in [0.29, 0.717) is 17.8 Å². The lowest BCUT2D eigenvalue weighted by Crippen LogP contribution is -2.25. The van der Waals surface area contributed by atoms with Crippen LogP contribution < -0.4 is 5.32 Å². The second-order valence-corrected chi connectivity index (χ2v) is 4.48. The molecule has 0 spiro atoms. The van der Waals surface area contributed by atoms with E-state index in [2.05, 4.69) is 10.3 Å². The summed E-state index contributed by atoms with van der Waals surface area (Å²) in [6.45, 7) is 3.89. The van der Waals surface area contributed by atoms with Crippen LogP contribution >= 0.6 is 0 Å². The number of pyridine rings is 1. The molecule has 1 N–H and O–H groups in total. The zero-order valence-corrected chi connectivity index (χ0v) is 11.3. The van der Waals surface area contributed by atoms with E-state index in [-0.39, 0.29) is 5.56 Å². The molecule has 1 aromatic heterocycles. The number of aryl methyl sites for hydroxylation is 1. The van der Waals surface area contributed by atoms with Gasteiger partial charge in [0.05, 0.1) is 17.9 Å². The van der Waals surface area contributed by atoms with E-state index in [1.54, 1.807) is 6.92 Å². The van der Waals surface area contributed by atoms with E-state index in [1.165, 1.54) is 24.3 Å². The molecule has 106 valence electrons. The lowest BCUT2D eigenvalue weighted by Gasteiger charge is -2.20. The van der Waals surface area contributed by atoms with Gasteiger partial charge < -0.3 is 5.32 Å². The maximum atomic E-state index is 14.2. The van der Waals surface area contributed by atoms with Gasteiger partial charge >= 0.3 is 0 Å². The molecule has 20 heavy (non-hydrogen) atoms. The number of nitrogens with zero attached hydrogens (tertiary/aromatic N) is 1. The van der Waals surface area contributed by atoms with E-state index >= 15 is 0 Å². The highest BCUT2D eigenvalue weighted by Crippen LogP contribution is 2.27. The van der Waals surface area contributed by atoms with Crippen LogP contribution in [0.3, 0.4) is 0 Å². The summed E-state index contributed by atoms with van der Waals surface area (Å²) in [7, 11) is 0. The smallest absolute Gasteiger partial charge is 0.141 e. The van der Waals surface area contributed by atoms with Gasteiger partial charge in [0, 0.05) is 5.56 Å². The maximum Gasteiger partial charge on any atom is 0.141 e. The van der Waals surface area contributed by atoms with Crippen molar-refractivity contribution in [3.05, 3.63) is 64.7 Å². The Morgan fingerprint density at radius 3 is 2.50 bits per heavy atom. The average Bonchev–Trinajstić information content (AvgIpc) is 2.43. The van der Waals surface area contributed by atoms with E-state index in [0.717, 1.165) is 6.20 Å². The molecule has 0 aliphatic heterocycles. The molecule has 0 aliphatic carbocycles. The molecule has 5 heteroatoms. The van der Waals surface area contributed by atoms with Crippen LogP contribution in [0.5, 0.6) is 0 Å². The predicted molar refractivity (Wildman–Crippen MR) is 70.8 cm³/mol. The molecule has 1 heterocycles. The average molecular weight is 280 g/mol. The Morgan fingerprint density at radius 1 is 1.15 bits per heavy atom. The number of hydrogen-bond acceptors (Lipinski definition) is 2. The van der Waals surface area contributed by atoms with Crippen molar-refractivity contribution >= 4 is 0 Å². The number of rotatable bonds is 4. The first-order valence-electron chi connectivity index (χ1n) is 6.34. The Hall–Kier alpha value is -1.88. The van der Waals surface area contributed by atoms with Crippen molar-refractivity contribution in [2.24, 2.45) is 0 Å². The van der Waals surface area contributed by atoms with E-state index in [1.807, 2.05) is 6.92 Å². The standard InChI is InChI=1S/C15H15F3N2/c1-3-19-15(12-7-5-10(16)8-20-12)13-11(17)6-4-9(2)14(13)18/h4-8,15,19H,3H2,1-2H3. The van der Waals surface area contributed by atoms with Gasteiger partial charge in [-0.15, -0.1) is 0 Å². The molecule has 0 amide bonds. The third-order valence-electron chi connectivity index (χ3n) is 3.06. The molecule has 2 aromatic rings. The van der Waals surface area contributed by atoms with Gasteiger partial charge in [0.1, 0.15) is 17.5 Å². The minimum atomic E-state index is -0.750. The monoisotopic (exact) mass is 280 g/mol. The third-order valence-corrected chi connectivity index (χ3v) is 3.06. The Bertz CT molecular complexity index is 597. The van der Waals surface area contributed by atoms with Gasteiger partial charge in [0.2, 0.25) is 0 Å². The number of nitrogens with one attached hydrogen (secondary N) is 1. The highest BCUT2D eigenvalue weighted by Gasteiger charge is 2.23. The summed E-state index contributed by atoms with van der Waals surface area (Å²) >= 11 is 0. The number of aromatic nitrogens is 1. The molecule has 0 saturated carbocycles. The van der Waals surface area contributed by atoms with E-state index in [9.17, 15) is 13.2 Å². The molecule has 1 unspecified atom stereocenters. The highest BCUT2D eigenvalue weighted by atomic mass is 19.1. The summed E-state index contributed by atoms with van der Waals surface area (Å²) in [5, 5.41) is 2.98. The van der Waals surface area contributed by atoms with E-state index < -0.39 is 23.5 Å². The Morgan fingerprint density at radius 2 is 1.90 bits per heavy atom. The summed E-state index contributed by atoms with van der Waals surface area (Å²) in [5.74, 6) is -1.75. The fourth-order valence-electron chi connectivity index (χ4n) is 2.06. The van der Waals surface area contributed by atoms with Crippen LogP contribution in [0.1, 0.15) is 29.8 Å². The van der Waals surface area contributed by atoms with Crippen LogP contribution in [0.4, 0.5) is 13.2 Å². The molecule has 2 nitrogen and oxygen atoms in total. The van der Waals surface area contributed by atoms with Crippen molar-refractivity contribution < 1.29 is 13.2 Å². The lowest BCUT2D eigenvalue weighted by atomic mass is 9.99. The zero-order valence-electron chi connectivity index (χ0n) is 11.3. The number of benzene rings is 1. The molecule has 0 aliphatic rings. The van der Waals surface area contributed by atoms with Gasteiger partial charge in [-0.2, -0.15) is 0 Å². The zero-order chi connectivity index (χ0) is 14.7. The van der Waals surface area contributed by atoms with E-state index in [4.69, 9.17) is 0 Å². The molecule has 0 radical (unpaired) electrons. The lowest BCUT2D eigenvalue weighted by molar-refractivity contribution is 0.500. The topological polar surface area (TPSA) is 24.9 Å². The van der Waals surface area contributed by atoms with Crippen molar-refractivity contribution in [2.45, 2.75) is 19.9 Å². The fourth-order valence-corrected chi connectivity index (χ4v) is 2.06. The SMILES string of the molecule is CCNC(c1ccc(F)cn1)c1c(F)ccc(C)c1F. The van der Waals surface area contributed by atoms with Crippen LogP contribution in [0.2, 0.25) is 0 Å². The van der Waals surface area contributed by atoms with Crippen molar-refractivity contribution in [1.82, 2.24) is 10.3 Å². The maximum absolute atomic E-state index is 14.2. The summed E-state index contributed by atoms with van der Waals surface area (Å²) in [4.78, 5) is 3.91. The summed E-state index contributed by atoms with van der Waals surface area (Å²) in [6, 6.07) is 4.50. The summed E-state index contributed by atoms with van der Waals surface area (Å²) in [5.41, 5.74) is 0.633. The third kappa shape index (κ3) is 2.82. The van der Waals surface area contributed by atoms with Crippen LogP contribution in [-0.4, -0.2) is 11.5 Å². The summed E-state index contributed by atoms with van der Waals surface area (Å²) < 4.78 is 41.1. The molecule has 0 bridgehead atoms. The van der Waals surface area contributed by atoms with Gasteiger partial charge in [-0.05, 0) is 37.2 Å². The van der Waals surface area contributed by atoms with Gasteiger partial charge in [0.15, 0.2) is 0 Å². The quantitative estimate of drug-likeness (QED) is 0.927. The largest absolute Gasteiger partial charge is 0.305 e. The molecule has 0 fully saturated rings. The molecule has 1 aromatic carbocycles. The minimum absolute atomic E-state index is 0.0917. The Labute approximate surface area is 115 Å².